The molecule has 158 valence electrons. The van der Waals surface area contributed by atoms with Crippen LogP contribution in [-0.4, -0.2) is 75.1 Å². The number of rotatable bonds is 7. The fourth-order valence-electron chi connectivity index (χ4n) is 3.83. The standard InChI is InChI=1S/C19H31N5O2S.HI/c1-20-19(21-10-13-24-12-6-14-27(24,25)26)22-15-18-9-5-11-23(18)16-17-7-3-2-4-8-17;/h2-4,7-8,18H,5-6,9-16H2,1H3,(H2,20,21,22);1H. The molecule has 3 rings (SSSR count). The molecule has 7 nitrogen and oxygen atoms in total. The van der Waals surface area contributed by atoms with Crippen molar-refractivity contribution in [2.75, 3.05) is 45.5 Å². The number of sulfonamides is 1. The van der Waals surface area contributed by atoms with Crippen molar-refractivity contribution in [3.63, 3.8) is 0 Å². The SMILES string of the molecule is CN=C(NCCN1CCCS1(=O)=O)NCC1CCCN1Cc1ccccc1.I. The van der Waals surface area contributed by atoms with E-state index in [9.17, 15) is 8.42 Å². The fourth-order valence-corrected chi connectivity index (χ4v) is 5.36. The van der Waals surface area contributed by atoms with Crippen molar-refractivity contribution in [3.8, 4) is 0 Å². The molecule has 0 bridgehead atoms. The number of benzene rings is 1. The first-order chi connectivity index (χ1) is 13.1. The first-order valence-electron chi connectivity index (χ1n) is 9.79. The molecule has 2 saturated heterocycles. The number of aliphatic imine (C=N–C) groups is 1. The lowest BCUT2D eigenvalue weighted by Crippen LogP contribution is -2.46. The van der Waals surface area contributed by atoms with Gasteiger partial charge in [0.25, 0.3) is 0 Å². The van der Waals surface area contributed by atoms with Gasteiger partial charge in [-0.3, -0.25) is 9.89 Å². The van der Waals surface area contributed by atoms with E-state index in [1.54, 1.807) is 11.4 Å². The molecule has 0 amide bonds. The van der Waals surface area contributed by atoms with Crippen molar-refractivity contribution in [3.05, 3.63) is 35.9 Å². The van der Waals surface area contributed by atoms with Gasteiger partial charge in [-0.05, 0) is 31.4 Å². The highest BCUT2D eigenvalue weighted by Crippen LogP contribution is 2.19. The summed E-state index contributed by atoms with van der Waals surface area (Å²) in [7, 11) is -1.28. The highest BCUT2D eigenvalue weighted by atomic mass is 127. The molecule has 1 aromatic carbocycles. The zero-order valence-corrected chi connectivity index (χ0v) is 19.7. The molecule has 2 heterocycles. The van der Waals surface area contributed by atoms with Gasteiger partial charge in [-0.15, -0.1) is 24.0 Å². The molecule has 1 aromatic rings. The summed E-state index contributed by atoms with van der Waals surface area (Å²) >= 11 is 0. The summed E-state index contributed by atoms with van der Waals surface area (Å²) in [5, 5.41) is 6.64. The lowest BCUT2D eigenvalue weighted by atomic mass is 10.2. The molecular formula is C19H32IN5O2S. The van der Waals surface area contributed by atoms with Crippen LogP contribution in [0.1, 0.15) is 24.8 Å². The number of hydrogen-bond donors (Lipinski definition) is 2. The van der Waals surface area contributed by atoms with E-state index in [0.29, 0.717) is 25.7 Å². The van der Waals surface area contributed by atoms with Crippen LogP contribution in [0.2, 0.25) is 0 Å². The Bertz CT molecular complexity index is 729. The molecule has 2 aliphatic rings. The monoisotopic (exact) mass is 521 g/mol. The summed E-state index contributed by atoms with van der Waals surface area (Å²) in [4.78, 5) is 6.79. The van der Waals surface area contributed by atoms with Crippen LogP contribution < -0.4 is 10.6 Å². The molecule has 0 saturated carbocycles. The molecule has 2 fully saturated rings. The molecule has 0 aliphatic carbocycles. The van der Waals surface area contributed by atoms with E-state index < -0.39 is 10.0 Å². The van der Waals surface area contributed by atoms with E-state index in [1.165, 1.54) is 18.4 Å². The van der Waals surface area contributed by atoms with E-state index in [-0.39, 0.29) is 29.7 Å². The first-order valence-corrected chi connectivity index (χ1v) is 11.4. The molecule has 9 heteroatoms. The summed E-state index contributed by atoms with van der Waals surface area (Å²) in [6.07, 6.45) is 3.13. The third-order valence-corrected chi connectivity index (χ3v) is 7.27. The lowest BCUT2D eigenvalue weighted by molar-refractivity contribution is 0.245. The Kier molecular flexibility index (Phi) is 9.45. The summed E-state index contributed by atoms with van der Waals surface area (Å²) in [5.41, 5.74) is 1.35. The Balaban J connectivity index is 0.00000280. The summed E-state index contributed by atoms with van der Waals surface area (Å²) < 4.78 is 25.2. The Hall–Kier alpha value is -0.910. The van der Waals surface area contributed by atoms with Gasteiger partial charge >= 0.3 is 0 Å². The van der Waals surface area contributed by atoms with Crippen LogP contribution in [-0.2, 0) is 16.6 Å². The average molecular weight is 521 g/mol. The van der Waals surface area contributed by atoms with Gasteiger partial charge in [0.2, 0.25) is 10.0 Å². The Morgan fingerprint density at radius 2 is 1.96 bits per heavy atom. The fraction of sp³-hybridized carbons (Fsp3) is 0.632. The second-order valence-electron chi connectivity index (χ2n) is 7.20. The molecule has 0 spiro atoms. The van der Waals surface area contributed by atoms with Crippen molar-refractivity contribution < 1.29 is 8.42 Å². The Labute approximate surface area is 186 Å². The lowest BCUT2D eigenvalue weighted by Gasteiger charge is -2.25. The number of likely N-dealkylation sites (tertiary alicyclic amines) is 1. The predicted molar refractivity (Wildman–Crippen MR) is 125 cm³/mol. The minimum atomic E-state index is -3.03. The summed E-state index contributed by atoms with van der Waals surface area (Å²) in [6, 6.07) is 11.1. The van der Waals surface area contributed by atoms with Crippen molar-refractivity contribution in [1.29, 1.82) is 0 Å². The zero-order valence-electron chi connectivity index (χ0n) is 16.5. The van der Waals surface area contributed by atoms with Gasteiger partial charge < -0.3 is 10.6 Å². The zero-order chi connectivity index (χ0) is 19.1. The first kappa shape index (κ1) is 23.4. The van der Waals surface area contributed by atoms with Gasteiger partial charge in [0.1, 0.15) is 0 Å². The summed E-state index contributed by atoms with van der Waals surface area (Å²) in [6.45, 7) is 4.64. The molecule has 1 unspecified atom stereocenters. The van der Waals surface area contributed by atoms with Crippen LogP contribution >= 0.6 is 24.0 Å². The molecule has 1 atom stereocenters. The molecule has 2 N–H and O–H groups in total. The molecule has 2 aliphatic heterocycles. The third kappa shape index (κ3) is 6.57. The highest BCUT2D eigenvalue weighted by Gasteiger charge is 2.27. The van der Waals surface area contributed by atoms with E-state index in [0.717, 1.165) is 32.0 Å². The van der Waals surface area contributed by atoms with Crippen LogP contribution in [0.5, 0.6) is 0 Å². The number of guanidine groups is 1. The van der Waals surface area contributed by atoms with Gasteiger partial charge in [0.05, 0.1) is 5.75 Å². The van der Waals surface area contributed by atoms with Crippen LogP contribution in [0.4, 0.5) is 0 Å². The number of halogens is 1. The molecular weight excluding hydrogens is 489 g/mol. The molecule has 28 heavy (non-hydrogen) atoms. The number of hydrogen-bond acceptors (Lipinski definition) is 4. The maximum Gasteiger partial charge on any atom is 0.214 e. The van der Waals surface area contributed by atoms with E-state index in [4.69, 9.17) is 0 Å². The smallest absolute Gasteiger partial charge is 0.214 e. The highest BCUT2D eigenvalue weighted by molar-refractivity contribution is 14.0. The van der Waals surface area contributed by atoms with Gasteiger partial charge in [-0.1, -0.05) is 30.3 Å². The second kappa shape index (κ2) is 11.3. The predicted octanol–water partition coefficient (Wildman–Crippen LogP) is 1.47. The van der Waals surface area contributed by atoms with Crippen LogP contribution in [0.15, 0.2) is 35.3 Å². The van der Waals surface area contributed by atoms with Gasteiger partial charge in [-0.25, -0.2) is 12.7 Å². The van der Waals surface area contributed by atoms with Crippen LogP contribution in [0.25, 0.3) is 0 Å². The average Bonchev–Trinajstić information content (AvgIpc) is 3.24. The number of nitrogens with one attached hydrogen (secondary N) is 2. The van der Waals surface area contributed by atoms with Gasteiger partial charge in [0, 0.05) is 45.8 Å². The third-order valence-electron chi connectivity index (χ3n) is 5.31. The Morgan fingerprint density at radius 3 is 2.64 bits per heavy atom. The topological polar surface area (TPSA) is 77.0 Å². The molecule has 0 aromatic heterocycles. The van der Waals surface area contributed by atoms with Gasteiger partial charge in [0.15, 0.2) is 5.96 Å². The maximum atomic E-state index is 11.8. The van der Waals surface area contributed by atoms with Crippen molar-refractivity contribution in [2.24, 2.45) is 4.99 Å². The minimum Gasteiger partial charge on any atom is -0.355 e. The van der Waals surface area contributed by atoms with E-state index >= 15 is 0 Å². The summed E-state index contributed by atoms with van der Waals surface area (Å²) in [5.74, 6) is 1.01. The quantitative estimate of drug-likeness (QED) is 0.323. The van der Waals surface area contributed by atoms with Gasteiger partial charge in [-0.2, -0.15) is 0 Å². The Morgan fingerprint density at radius 1 is 1.18 bits per heavy atom. The van der Waals surface area contributed by atoms with Crippen molar-refractivity contribution in [2.45, 2.75) is 31.8 Å². The van der Waals surface area contributed by atoms with E-state index in [1.807, 2.05) is 0 Å². The van der Waals surface area contributed by atoms with E-state index in [2.05, 4.69) is 50.9 Å². The maximum absolute atomic E-state index is 11.8. The number of nitrogens with zero attached hydrogens (tertiary/aromatic N) is 3. The van der Waals surface area contributed by atoms with Crippen molar-refractivity contribution >= 4 is 40.0 Å². The second-order valence-corrected chi connectivity index (χ2v) is 9.29. The minimum absolute atomic E-state index is 0. The van der Waals surface area contributed by atoms with Crippen LogP contribution in [0.3, 0.4) is 0 Å². The molecule has 0 radical (unpaired) electrons. The normalized spacial score (nSPS) is 22.8. The van der Waals surface area contributed by atoms with Crippen molar-refractivity contribution in [1.82, 2.24) is 19.8 Å². The largest absolute Gasteiger partial charge is 0.355 e. The van der Waals surface area contributed by atoms with Crippen LogP contribution in [0, 0.1) is 0 Å².